The van der Waals surface area contributed by atoms with E-state index >= 15 is 0 Å². The van der Waals surface area contributed by atoms with Gasteiger partial charge in [-0.15, -0.1) is 0 Å². The van der Waals surface area contributed by atoms with Gasteiger partial charge in [-0.3, -0.25) is 9.59 Å². The molecule has 1 fully saturated rings. The minimum atomic E-state index is -0.827. The number of methoxy groups -OCH3 is 1. The van der Waals surface area contributed by atoms with Crippen molar-refractivity contribution in [3.05, 3.63) is 11.6 Å². The Morgan fingerprint density at radius 2 is 2.25 bits per heavy atom. The standard InChI is InChI=1S/C15H23NO4/c1-3-4-5-9-8-12(17)16-14-10(15(18)19)6-7-11(20-2)13(9)14/h8,10-11,13-14H,3-7H2,1-2H3,(H,16,17)(H,18,19). The Kier molecular flexibility index (Phi) is 4.81. The molecular weight excluding hydrogens is 258 g/mol. The zero-order chi connectivity index (χ0) is 14.7. The number of carbonyl (C=O) groups excluding carboxylic acids is 1. The number of unbranched alkanes of at least 4 members (excludes halogenated alkanes) is 1. The van der Waals surface area contributed by atoms with Crippen molar-refractivity contribution >= 4 is 11.9 Å². The molecule has 0 aromatic heterocycles. The molecule has 1 heterocycles. The van der Waals surface area contributed by atoms with Crippen molar-refractivity contribution in [2.75, 3.05) is 7.11 Å². The number of hydrogen-bond acceptors (Lipinski definition) is 3. The first-order valence-corrected chi connectivity index (χ1v) is 7.35. The third kappa shape index (κ3) is 2.87. The summed E-state index contributed by atoms with van der Waals surface area (Å²) in [5, 5.41) is 12.2. The van der Waals surface area contributed by atoms with Crippen molar-refractivity contribution < 1.29 is 19.4 Å². The summed E-state index contributed by atoms with van der Waals surface area (Å²) in [6, 6.07) is -0.337. The van der Waals surface area contributed by atoms with Crippen LogP contribution < -0.4 is 5.32 Å². The third-order valence-corrected chi connectivity index (χ3v) is 4.48. The molecular formula is C15H23NO4. The highest BCUT2D eigenvalue weighted by atomic mass is 16.5. The molecule has 0 radical (unpaired) electrons. The maximum absolute atomic E-state index is 11.8. The molecule has 0 saturated heterocycles. The van der Waals surface area contributed by atoms with E-state index < -0.39 is 11.9 Å². The summed E-state index contributed by atoms with van der Waals surface area (Å²) in [7, 11) is 1.66. The van der Waals surface area contributed by atoms with Crippen LogP contribution in [0.4, 0.5) is 0 Å². The Morgan fingerprint density at radius 3 is 2.85 bits per heavy atom. The molecule has 4 atom stereocenters. The fourth-order valence-corrected chi connectivity index (χ4v) is 3.48. The van der Waals surface area contributed by atoms with Gasteiger partial charge in [0.15, 0.2) is 0 Å². The molecule has 1 aliphatic carbocycles. The van der Waals surface area contributed by atoms with E-state index in [0.29, 0.717) is 6.42 Å². The summed E-state index contributed by atoms with van der Waals surface area (Å²) >= 11 is 0. The number of ether oxygens (including phenoxy) is 1. The molecule has 20 heavy (non-hydrogen) atoms. The van der Waals surface area contributed by atoms with Crippen molar-refractivity contribution in [3.63, 3.8) is 0 Å². The number of aliphatic carboxylic acids is 1. The number of nitrogens with one attached hydrogen (secondary N) is 1. The highest BCUT2D eigenvalue weighted by Crippen LogP contribution is 2.39. The van der Waals surface area contributed by atoms with Gasteiger partial charge in [0.05, 0.1) is 18.1 Å². The quantitative estimate of drug-likeness (QED) is 0.804. The zero-order valence-corrected chi connectivity index (χ0v) is 12.1. The van der Waals surface area contributed by atoms with E-state index in [9.17, 15) is 14.7 Å². The second-order valence-electron chi connectivity index (χ2n) is 5.68. The highest BCUT2D eigenvalue weighted by molar-refractivity contribution is 5.90. The number of hydrogen-bond donors (Lipinski definition) is 2. The van der Waals surface area contributed by atoms with Gasteiger partial charge in [-0.25, -0.2) is 0 Å². The molecule has 0 spiro atoms. The smallest absolute Gasteiger partial charge is 0.308 e. The van der Waals surface area contributed by atoms with E-state index in [1.54, 1.807) is 13.2 Å². The molecule has 0 aromatic rings. The first kappa shape index (κ1) is 15.0. The molecule has 2 aliphatic rings. The van der Waals surface area contributed by atoms with E-state index in [1.165, 1.54) is 0 Å². The van der Waals surface area contributed by atoms with Crippen molar-refractivity contribution in [2.45, 2.75) is 51.2 Å². The lowest BCUT2D eigenvalue weighted by atomic mass is 9.69. The number of carboxylic acid groups (broad SMARTS) is 1. The van der Waals surface area contributed by atoms with Crippen LogP contribution in [0.25, 0.3) is 0 Å². The van der Waals surface area contributed by atoms with Crippen LogP contribution in [0.5, 0.6) is 0 Å². The minimum absolute atomic E-state index is 0.000642. The lowest BCUT2D eigenvalue weighted by molar-refractivity contribution is -0.147. The van der Waals surface area contributed by atoms with Gasteiger partial charge in [0.1, 0.15) is 0 Å². The molecule has 1 aliphatic heterocycles. The largest absolute Gasteiger partial charge is 0.481 e. The SMILES string of the molecule is CCCCC1=CC(=O)NC2C(C(=O)O)CCC(OC)C12. The van der Waals surface area contributed by atoms with Crippen molar-refractivity contribution in [3.8, 4) is 0 Å². The number of carbonyl (C=O) groups is 2. The fraction of sp³-hybridized carbons (Fsp3) is 0.733. The molecule has 5 nitrogen and oxygen atoms in total. The molecule has 0 bridgehead atoms. The molecule has 4 unspecified atom stereocenters. The number of rotatable bonds is 5. The average Bonchev–Trinajstić information content (AvgIpc) is 2.42. The summed E-state index contributed by atoms with van der Waals surface area (Å²) in [6.45, 7) is 2.11. The fourth-order valence-electron chi connectivity index (χ4n) is 3.48. The van der Waals surface area contributed by atoms with Crippen LogP contribution in [0.15, 0.2) is 11.6 Å². The van der Waals surface area contributed by atoms with Gasteiger partial charge in [0.25, 0.3) is 0 Å². The predicted octanol–water partition coefficient (Wildman–Crippen LogP) is 1.73. The maximum Gasteiger partial charge on any atom is 0.308 e. The molecule has 1 amide bonds. The van der Waals surface area contributed by atoms with E-state index in [0.717, 1.165) is 31.3 Å². The van der Waals surface area contributed by atoms with Gasteiger partial charge in [0, 0.05) is 19.1 Å². The van der Waals surface area contributed by atoms with Crippen LogP contribution in [0.1, 0.15) is 39.0 Å². The third-order valence-electron chi connectivity index (χ3n) is 4.48. The Bertz CT molecular complexity index is 418. The van der Waals surface area contributed by atoms with Gasteiger partial charge in [-0.05, 0) is 25.7 Å². The number of amides is 1. The van der Waals surface area contributed by atoms with Gasteiger partial charge in [0.2, 0.25) is 5.91 Å². The summed E-state index contributed by atoms with van der Waals surface area (Å²) in [5.41, 5.74) is 1.05. The number of carboxylic acids is 1. The normalized spacial score (nSPS) is 33.1. The van der Waals surface area contributed by atoms with E-state index in [2.05, 4.69) is 12.2 Å². The van der Waals surface area contributed by atoms with Crippen molar-refractivity contribution in [2.24, 2.45) is 11.8 Å². The Hall–Kier alpha value is -1.36. The summed E-state index contributed by atoms with van der Waals surface area (Å²) in [6.07, 6.45) is 5.83. The van der Waals surface area contributed by atoms with Crippen molar-refractivity contribution in [1.29, 1.82) is 0 Å². The van der Waals surface area contributed by atoms with E-state index in [1.807, 2.05) is 0 Å². The first-order chi connectivity index (χ1) is 9.58. The van der Waals surface area contributed by atoms with Gasteiger partial charge >= 0.3 is 5.97 Å². The van der Waals surface area contributed by atoms with Crippen LogP contribution in [0.2, 0.25) is 0 Å². The molecule has 1 saturated carbocycles. The van der Waals surface area contributed by atoms with Crippen LogP contribution in [-0.4, -0.2) is 36.2 Å². The van der Waals surface area contributed by atoms with Crippen molar-refractivity contribution in [1.82, 2.24) is 5.32 Å². The van der Waals surface area contributed by atoms with E-state index in [-0.39, 0.29) is 24.0 Å². The molecule has 112 valence electrons. The lowest BCUT2D eigenvalue weighted by Gasteiger charge is -2.44. The summed E-state index contributed by atoms with van der Waals surface area (Å²) in [4.78, 5) is 23.3. The lowest BCUT2D eigenvalue weighted by Crippen LogP contribution is -2.57. The second kappa shape index (κ2) is 6.39. The number of fused-ring (bicyclic) bond motifs is 1. The Morgan fingerprint density at radius 1 is 1.50 bits per heavy atom. The van der Waals surface area contributed by atoms with Crippen LogP contribution >= 0.6 is 0 Å². The van der Waals surface area contributed by atoms with Gasteiger partial charge in [-0.2, -0.15) is 0 Å². The Balaban J connectivity index is 2.29. The zero-order valence-electron chi connectivity index (χ0n) is 12.1. The summed E-state index contributed by atoms with van der Waals surface area (Å²) in [5.74, 6) is -1.51. The topological polar surface area (TPSA) is 75.6 Å². The highest BCUT2D eigenvalue weighted by Gasteiger charge is 2.46. The van der Waals surface area contributed by atoms with Crippen LogP contribution in [0.3, 0.4) is 0 Å². The molecule has 5 heteroatoms. The Labute approximate surface area is 119 Å². The molecule has 2 rings (SSSR count). The van der Waals surface area contributed by atoms with E-state index in [4.69, 9.17) is 4.74 Å². The average molecular weight is 281 g/mol. The minimum Gasteiger partial charge on any atom is -0.481 e. The summed E-state index contributed by atoms with van der Waals surface area (Å²) < 4.78 is 5.55. The van der Waals surface area contributed by atoms with Crippen LogP contribution in [-0.2, 0) is 14.3 Å². The molecule has 2 N–H and O–H groups in total. The van der Waals surface area contributed by atoms with Gasteiger partial charge < -0.3 is 15.2 Å². The van der Waals surface area contributed by atoms with Crippen LogP contribution in [0, 0.1) is 11.8 Å². The first-order valence-electron chi connectivity index (χ1n) is 7.35. The second-order valence-corrected chi connectivity index (χ2v) is 5.68. The van der Waals surface area contributed by atoms with Gasteiger partial charge in [-0.1, -0.05) is 18.9 Å². The predicted molar refractivity (Wildman–Crippen MR) is 74.2 cm³/mol. The molecule has 0 aromatic carbocycles. The monoisotopic (exact) mass is 281 g/mol. The maximum atomic E-state index is 11.8.